The van der Waals surface area contributed by atoms with Gasteiger partial charge in [0.25, 0.3) is 5.91 Å². The smallest absolute Gasteiger partial charge is 0.254 e. The number of hydrogen-bond donors (Lipinski definition) is 0. The fourth-order valence-corrected chi connectivity index (χ4v) is 5.05. The molecule has 0 aromatic heterocycles. The van der Waals surface area contributed by atoms with Crippen molar-refractivity contribution < 1.29 is 14.3 Å². The molecule has 0 atom stereocenters. The number of carbonyl (C=O) groups excluding carboxylic acids is 2. The largest absolute Gasteiger partial charge is 0.385 e. The van der Waals surface area contributed by atoms with Gasteiger partial charge in [-0.05, 0) is 71.1 Å². The zero-order valence-electron chi connectivity index (χ0n) is 19.4. The van der Waals surface area contributed by atoms with Gasteiger partial charge in [0.1, 0.15) is 0 Å². The van der Waals surface area contributed by atoms with Crippen LogP contribution in [0.5, 0.6) is 0 Å². The van der Waals surface area contributed by atoms with E-state index >= 15 is 0 Å². The Morgan fingerprint density at radius 1 is 1.20 bits per heavy atom. The van der Waals surface area contributed by atoms with Crippen LogP contribution in [0.2, 0.25) is 0 Å². The van der Waals surface area contributed by atoms with E-state index in [0.29, 0.717) is 24.8 Å². The summed E-state index contributed by atoms with van der Waals surface area (Å²) < 4.78 is 5.15. The van der Waals surface area contributed by atoms with Crippen molar-refractivity contribution >= 4 is 17.5 Å². The minimum Gasteiger partial charge on any atom is -0.385 e. The number of fused-ring (bicyclic) bond motifs is 1. The van der Waals surface area contributed by atoms with Crippen molar-refractivity contribution in [2.24, 2.45) is 0 Å². The van der Waals surface area contributed by atoms with Gasteiger partial charge in [-0.15, -0.1) is 0 Å². The van der Waals surface area contributed by atoms with Gasteiger partial charge in [0.2, 0.25) is 5.91 Å². The molecule has 0 radical (unpaired) electrons. The lowest BCUT2D eigenvalue weighted by Gasteiger charge is -2.37. The van der Waals surface area contributed by atoms with Gasteiger partial charge in [0, 0.05) is 43.6 Å². The normalized spacial score (nSPS) is 18.7. The van der Waals surface area contributed by atoms with E-state index in [1.807, 2.05) is 36.9 Å². The van der Waals surface area contributed by atoms with Gasteiger partial charge in [-0.25, -0.2) is 0 Å². The molecule has 1 aliphatic carbocycles. The Balaban J connectivity index is 1.88. The lowest BCUT2D eigenvalue weighted by molar-refractivity contribution is -0.122. The number of hydrogen-bond acceptors (Lipinski definition) is 3. The number of rotatable bonds is 8. The molecule has 166 valence electrons. The number of nitrogens with zero attached hydrogens (tertiary/aromatic N) is 2. The maximum atomic E-state index is 13.5. The van der Waals surface area contributed by atoms with E-state index in [1.165, 1.54) is 19.3 Å². The summed E-state index contributed by atoms with van der Waals surface area (Å²) in [6.07, 6.45) is 7.64. The van der Waals surface area contributed by atoms with Crippen LogP contribution in [-0.4, -0.2) is 49.1 Å². The third-order valence-electron chi connectivity index (χ3n) is 6.73. The van der Waals surface area contributed by atoms with Crippen LogP contribution in [0.4, 0.5) is 5.69 Å². The van der Waals surface area contributed by atoms with Crippen molar-refractivity contribution in [3.05, 3.63) is 29.3 Å². The van der Waals surface area contributed by atoms with Crippen LogP contribution in [0.3, 0.4) is 0 Å². The first-order chi connectivity index (χ1) is 14.3. The molecule has 0 spiro atoms. The molecule has 1 aromatic rings. The zero-order valence-corrected chi connectivity index (χ0v) is 19.4. The molecular weight excluding hydrogens is 376 g/mol. The lowest BCUT2D eigenvalue weighted by atomic mass is 9.85. The molecule has 0 unspecified atom stereocenters. The van der Waals surface area contributed by atoms with E-state index in [-0.39, 0.29) is 17.9 Å². The third-order valence-corrected chi connectivity index (χ3v) is 6.73. The zero-order chi connectivity index (χ0) is 21.9. The summed E-state index contributed by atoms with van der Waals surface area (Å²) in [5, 5.41) is 0. The van der Waals surface area contributed by atoms with E-state index in [2.05, 4.69) is 18.7 Å². The number of amides is 2. The van der Waals surface area contributed by atoms with Gasteiger partial charge in [0.05, 0.1) is 5.41 Å². The molecule has 3 rings (SSSR count). The lowest BCUT2D eigenvalue weighted by Crippen LogP contribution is -2.45. The molecule has 2 aliphatic rings. The van der Waals surface area contributed by atoms with Crippen molar-refractivity contribution in [1.82, 2.24) is 4.90 Å². The van der Waals surface area contributed by atoms with Crippen LogP contribution in [0.25, 0.3) is 0 Å². The fraction of sp³-hybridized carbons (Fsp3) is 0.680. The Bertz CT molecular complexity index is 766. The summed E-state index contributed by atoms with van der Waals surface area (Å²) in [7, 11) is 1.70. The Morgan fingerprint density at radius 2 is 1.90 bits per heavy atom. The minimum atomic E-state index is -0.556. The van der Waals surface area contributed by atoms with E-state index in [1.54, 1.807) is 7.11 Å². The Kier molecular flexibility index (Phi) is 7.22. The Hall–Kier alpha value is -1.88. The summed E-state index contributed by atoms with van der Waals surface area (Å²) >= 11 is 0. The van der Waals surface area contributed by atoms with E-state index in [9.17, 15) is 9.59 Å². The highest BCUT2D eigenvalue weighted by molar-refractivity contribution is 6.09. The quantitative estimate of drug-likeness (QED) is 0.567. The van der Waals surface area contributed by atoms with E-state index < -0.39 is 5.41 Å². The van der Waals surface area contributed by atoms with Gasteiger partial charge < -0.3 is 14.5 Å². The Labute approximate surface area is 181 Å². The van der Waals surface area contributed by atoms with Gasteiger partial charge >= 0.3 is 0 Å². The summed E-state index contributed by atoms with van der Waals surface area (Å²) in [6, 6.07) is 6.36. The van der Waals surface area contributed by atoms with Crippen molar-refractivity contribution in [2.45, 2.75) is 90.1 Å². The molecular formula is C25H38N2O3. The minimum absolute atomic E-state index is 0.0937. The second-order valence-electron chi connectivity index (χ2n) is 9.61. The standard InChI is InChI=1S/C25H38N2O3/c1-18(2)27(20-11-7-6-8-12-20)23(28)19-13-14-21-22(17-19)26(15-9-10-16-30-5)24(29)25(21,3)4/h13-14,17-18,20H,6-12,15-16H2,1-5H3. The third kappa shape index (κ3) is 4.41. The first-order valence-electron chi connectivity index (χ1n) is 11.6. The SMILES string of the molecule is COCCCCN1C(=O)C(C)(C)c2ccc(C(=O)N(C(C)C)C3CCCCC3)cc21. The second-order valence-corrected chi connectivity index (χ2v) is 9.61. The number of anilines is 1. The number of carbonyl (C=O) groups is 2. The predicted octanol–water partition coefficient (Wildman–Crippen LogP) is 4.92. The molecule has 2 amide bonds. The molecule has 1 heterocycles. The summed E-state index contributed by atoms with van der Waals surface area (Å²) in [5.74, 6) is 0.212. The van der Waals surface area contributed by atoms with Crippen molar-refractivity contribution in [2.75, 3.05) is 25.2 Å². The summed E-state index contributed by atoms with van der Waals surface area (Å²) in [5.41, 5.74) is 2.06. The maximum Gasteiger partial charge on any atom is 0.254 e. The summed E-state index contributed by atoms with van der Waals surface area (Å²) in [4.78, 5) is 30.6. The molecule has 5 heteroatoms. The molecule has 0 bridgehead atoms. The van der Waals surface area contributed by atoms with Crippen LogP contribution >= 0.6 is 0 Å². The van der Waals surface area contributed by atoms with Crippen molar-refractivity contribution in [3.8, 4) is 0 Å². The van der Waals surface area contributed by atoms with Crippen LogP contribution in [0.1, 0.15) is 88.6 Å². The molecule has 1 saturated carbocycles. The number of ether oxygens (including phenoxy) is 1. The molecule has 1 aliphatic heterocycles. The molecule has 1 fully saturated rings. The molecule has 0 N–H and O–H groups in total. The first kappa shape index (κ1) is 22.8. The molecule has 5 nitrogen and oxygen atoms in total. The van der Waals surface area contributed by atoms with Crippen LogP contribution < -0.4 is 4.90 Å². The summed E-state index contributed by atoms with van der Waals surface area (Å²) in [6.45, 7) is 9.53. The fourth-order valence-electron chi connectivity index (χ4n) is 5.05. The average Bonchev–Trinajstić information content (AvgIpc) is 2.91. The first-order valence-corrected chi connectivity index (χ1v) is 11.6. The average molecular weight is 415 g/mol. The highest BCUT2D eigenvalue weighted by atomic mass is 16.5. The van der Waals surface area contributed by atoms with Crippen LogP contribution in [0, 0.1) is 0 Å². The topological polar surface area (TPSA) is 49.9 Å². The van der Waals surface area contributed by atoms with E-state index in [0.717, 1.165) is 36.9 Å². The van der Waals surface area contributed by atoms with Gasteiger partial charge in [-0.1, -0.05) is 25.3 Å². The van der Waals surface area contributed by atoms with Gasteiger partial charge in [-0.3, -0.25) is 9.59 Å². The molecule has 0 saturated heterocycles. The van der Waals surface area contributed by atoms with Crippen LogP contribution in [0.15, 0.2) is 18.2 Å². The number of unbranched alkanes of at least 4 members (excludes halogenated alkanes) is 1. The predicted molar refractivity (Wildman–Crippen MR) is 121 cm³/mol. The number of methoxy groups -OCH3 is 1. The van der Waals surface area contributed by atoms with Crippen LogP contribution in [-0.2, 0) is 14.9 Å². The Morgan fingerprint density at radius 3 is 2.53 bits per heavy atom. The molecule has 1 aromatic carbocycles. The van der Waals surface area contributed by atoms with E-state index in [4.69, 9.17) is 4.74 Å². The number of benzene rings is 1. The molecule has 30 heavy (non-hydrogen) atoms. The van der Waals surface area contributed by atoms with Crippen molar-refractivity contribution in [3.63, 3.8) is 0 Å². The van der Waals surface area contributed by atoms with Gasteiger partial charge in [0.15, 0.2) is 0 Å². The second kappa shape index (κ2) is 9.51. The highest BCUT2D eigenvalue weighted by Gasteiger charge is 2.44. The monoisotopic (exact) mass is 414 g/mol. The van der Waals surface area contributed by atoms with Crippen molar-refractivity contribution in [1.29, 1.82) is 0 Å². The maximum absolute atomic E-state index is 13.5. The highest BCUT2D eigenvalue weighted by Crippen LogP contribution is 2.42. The van der Waals surface area contributed by atoms with Gasteiger partial charge in [-0.2, -0.15) is 0 Å².